The lowest BCUT2D eigenvalue weighted by Gasteiger charge is -2.09. The maximum Gasteiger partial charge on any atom is 0.224 e. The molecule has 0 radical (unpaired) electrons. The summed E-state index contributed by atoms with van der Waals surface area (Å²) in [6.07, 6.45) is 1.13. The van der Waals surface area contributed by atoms with Gasteiger partial charge in [-0.25, -0.2) is 0 Å². The lowest BCUT2D eigenvalue weighted by molar-refractivity contribution is -0.116. The molecule has 0 aliphatic rings. The van der Waals surface area contributed by atoms with E-state index in [9.17, 15) is 9.59 Å². The van der Waals surface area contributed by atoms with Gasteiger partial charge in [-0.2, -0.15) is 0 Å². The maximum atomic E-state index is 12.2. The summed E-state index contributed by atoms with van der Waals surface area (Å²) in [6.45, 7) is 0. The average molecular weight is 388 g/mol. The van der Waals surface area contributed by atoms with Crippen LogP contribution in [0.4, 0.5) is 17.1 Å². The number of methoxy groups -OCH3 is 1. The van der Waals surface area contributed by atoms with E-state index in [0.29, 0.717) is 30.6 Å². The summed E-state index contributed by atoms with van der Waals surface area (Å²) in [4.78, 5) is 24.3. The number of amides is 1. The molecule has 0 saturated heterocycles. The van der Waals surface area contributed by atoms with E-state index in [0.717, 1.165) is 17.1 Å². The van der Waals surface area contributed by atoms with E-state index >= 15 is 0 Å². The van der Waals surface area contributed by atoms with Crippen LogP contribution < -0.4 is 15.4 Å². The number of hydrogen-bond acceptors (Lipinski definition) is 4. The van der Waals surface area contributed by atoms with E-state index in [2.05, 4.69) is 10.6 Å². The van der Waals surface area contributed by atoms with Crippen LogP contribution in [-0.4, -0.2) is 18.8 Å². The van der Waals surface area contributed by atoms with E-state index in [-0.39, 0.29) is 11.7 Å². The van der Waals surface area contributed by atoms with Crippen LogP contribution in [0.1, 0.15) is 29.6 Å². The number of para-hydroxylation sites is 1. The Kier molecular flexibility index (Phi) is 7.00. The Morgan fingerprint density at radius 3 is 2.03 bits per heavy atom. The molecule has 0 atom stereocenters. The quantitative estimate of drug-likeness (QED) is 0.480. The van der Waals surface area contributed by atoms with E-state index in [1.807, 2.05) is 54.6 Å². The van der Waals surface area contributed by atoms with Crippen molar-refractivity contribution < 1.29 is 14.3 Å². The molecule has 0 spiro atoms. The van der Waals surface area contributed by atoms with Gasteiger partial charge in [0.2, 0.25) is 5.91 Å². The maximum absolute atomic E-state index is 12.2. The van der Waals surface area contributed by atoms with Crippen molar-refractivity contribution in [1.29, 1.82) is 0 Å². The number of ether oxygens (including phenoxy) is 1. The summed E-state index contributed by atoms with van der Waals surface area (Å²) in [5, 5.41) is 6.16. The smallest absolute Gasteiger partial charge is 0.224 e. The highest BCUT2D eigenvalue weighted by atomic mass is 16.5. The molecule has 3 aromatic rings. The summed E-state index contributed by atoms with van der Waals surface area (Å²) in [5.74, 6) is 0.638. The summed E-state index contributed by atoms with van der Waals surface area (Å²) < 4.78 is 5.09. The van der Waals surface area contributed by atoms with Gasteiger partial charge in [0.15, 0.2) is 5.78 Å². The van der Waals surface area contributed by atoms with E-state index in [4.69, 9.17) is 4.74 Å². The SMILES string of the molecule is COc1ccc(C(=O)CCCC(=O)Nc2ccc(Nc3ccccc3)cc2)cc1. The second-order valence-electron chi connectivity index (χ2n) is 6.62. The molecular formula is C24H24N2O3. The van der Waals surface area contributed by atoms with Crippen molar-refractivity contribution in [2.75, 3.05) is 17.7 Å². The highest BCUT2D eigenvalue weighted by Gasteiger charge is 2.08. The summed E-state index contributed by atoms with van der Waals surface area (Å²) >= 11 is 0. The number of hydrogen-bond donors (Lipinski definition) is 2. The van der Waals surface area contributed by atoms with Gasteiger partial charge in [0.05, 0.1) is 7.11 Å². The number of Topliss-reactive ketones (excluding diaryl/α,β-unsaturated/α-hetero) is 1. The number of nitrogens with one attached hydrogen (secondary N) is 2. The topological polar surface area (TPSA) is 67.4 Å². The van der Waals surface area contributed by atoms with Gasteiger partial charge in [-0.1, -0.05) is 18.2 Å². The van der Waals surface area contributed by atoms with Crippen molar-refractivity contribution in [1.82, 2.24) is 0 Å². The van der Waals surface area contributed by atoms with Gasteiger partial charge in [-0.3, -0.25) is 9.59 Å². The predicted octanol–water partition coefficient (Wildman–Crippen LogP) is 5.43. The molecule has 0 saturated carbocycles. The number of carbonyl (C=O) groups excluding carboxylic acids is 2. The molecular weight excluding hydrogens is 364 g/mol. The Morgan fingerprint density at radius 1 is 0.759 bits per heavy atom. The highest BCUT2D eigenvalue weighted by Crippen LogP contribution is 2.19. The minimum Gasteiger partial charge on any atom is -0.497 e. The van der Waals surface area contributed by atoms with E-state index < -0.39 is 0 Å². The zero-order valence-electron chi connectivity index (χ0n) is 16.4. The Morgan fingerprint density at radius 2 is 1.38 bits per heavy atom. The van der Waals surface area contributed by atoms with Gasteiger partial charge in [0, 0.05) is 35.5 Å². The number of anilines is 3. The number of carbonyl (C=O) groups is 2. The molecule has 5 nitrogen and oxygen atoms in total. The van der Waals surface area contributed by atoms with Gasteiger partial charge in [0.25, 0.3) is 0 Å². The molecule has 1 amide bonds. The third kappa shape index (κ3) is 6.21. The Labute approximate surface area is 170 Å². The van der Waals surface area contributed by atoms with Crippen LogP contribution in [0.2, 0.25) is 0 Å². The van der Waals surface area contributed by atoms with Crippen molar-refractivity contribution in [3.8, 4) is 5.75 Å². The third-order valence-electron chi connectivity index (χ3n) is 4.45. The second kappa shape index (κ2) is 10.1. The zero-order chi connectivity index (χ0) is 20.5. The van der Waals surface area contributed by atoms with Crippen LogP contribution >= 0.6 is 0 Å². The summed E-state index contributed by atoms with van der Waals surface area (Å²) in [7, 11) is 1.59. The van der Waals surface area contributed by atoms with Gasteiger partial charge < -0.3 is 15.4 Å². The molecule has 0 aromatic heterocycles. The van der Waals surface area contributed by atoms with Crippen LogP contribution in [0.15, 0.2) is 78.9 Å². The van der Waals surface area contributed by atoms with Crippen molar-refractivity contribution in [3.63, 3.8) is 0 Å². The number of rotatable bonds is 9. The first-order valence-corrected chi connectivity index (χ1v) is 9.53. The standard InChI is InChI=1S/C24H24N2O3/c1-29-22-16-10-18(11-17-22)23(27)8-5-9-24(28)26-21-14-12-20(13-15-21)25-19-6-3-2-4-7-19/h2-4,6-7,10-17,25H,5,8-9H2,1H3,(H,26,28). The molecule has 0 heterocycles. The molecule has 0 aliphatic carbocycles. The van der Waals surface area contributed by atoms with Gasteiger partial charge in [-0.05, 0) is 67.1 Å². The van der Waals surface area contributed by atoms with Gasteiger partial charge in [0.1, 0.15) is 5.75 Å². The molecule has 0 fully saturated rings. The third-order valence-corrected chi connectivity index (χ3v) is 4.45. The first kappa shape index (κ1) is 20.1. The van der Waals surface area contributed by atoms with Crippen molar-refractivity contribution in [2.24, 2.45) is 0 Å². The predicted molar refractivity (Wildman–Crippen MR) is 116 cm³/mol. The Bertz CT molecular complexity index is 936. The van der Waals surface area contributed by atoms with Crippen molar-refractivity contribution in [2.45, 2.75) is 19.3 Å². The fourth-order valence-electron chi connectivity index (χ4n) is 2.88. The number of benzene rings is 3. The second-order valence-corrected chi connectivity index (χ2v) is 6.62. The average Bonchev–Trinajstić information content (AvgIpc) is 2.76. The van der Waals surface area contributed by atoms with Crippen LogP contribution in [0.25, 0.3) is 0 Å². The largest absolute Gasteiger partial charge is 0.497 e. The first-order chi connectivity index (χ1) is 14.1. The number of ketones is 1. The fraction of sp³-hybridized carbons (Fsp3) is 0.167. The molecule has 3 rings (SSSR count). The normalized spacial score (nSPS) is 10.2. The minimum absolute atomic E-state index is 0.0248. The molecule has 5 heteroatoms. The molecule has 3 aromatic carbocycles. The van der Waals surface area contributed by atoms with Crippen LogP contribution in [0.5, 0.6) is 5.75 Å². The molecule has 0 aliphatic heterocycles. The first-order valence-electron chi connectivity index (χ1n) is 9.53. The minimum atomic E-state index is -0.101. The molecule has 148 valence electrons. The molecule has 29 heavy (non-hydrogen) atoms. The summed E-state index contributed by atoms with van der Waals surface area (Å²) in [6, 6.07) is 24.4. The lowest BCUT2D eigenvalue weighted by atomic mass is 10.1. The Balaban J connectivity index is 1.42. The van der Waals surface area contributed by atoms with E-state index in [1.54, 1.807) is 31.4 Å². The monoisotopic (exact) mass is 388 g/mol. The van der Waals surface area contributed by atoms with Crippen molar-refractivity contribution >= 4 is 28.8 Å². The summed E-state index contributed by atoms with van der Waals surface area (Å²) in [5.41, 5.74) is 3.31. The Hall–Kier alpha value is -3.60. The molecule has 2 N–H and O–H groups in total. The highest BCUT2D eigenvalue weighted by molar-refractivity contribution is 5.97. The van der Waals surface area contributed by atoms with Gasteiger partial charge >= 0.3 is 0 Å². The van der Waals surface area contributed by atoms with Crippen LogP contribution in [0, 0.1) is 0 Å². The lowest BCUT2D eigenvalue weighted by Crippen LogP contribution is -2.12. The fourth-order valence-corrected chi connectivity index (χ4v) is 2.88. The molecule has 0 unspecified atom stereocenters. The van der Waals surface area contributed by atoms with Crippen LogP contribution in [0.3, 0.4) is 0 Å². The van der Waals surface area contributed by atoms with Gasteiger partial charge in [-0.15, -0.1) is 0 Å². The van der Waals surface area contributed by atoms with Crippen molar-refractivity contribution in [3.05, 3.63) is 84.4 Å². The zero-order valence-corrected chi connectivity index (χ0v) is 16.4. The molecule has 0 bridgehead atoms. The van der Waals surface area contributed by atoms with Crippen LogP contribution in [-0.2, 0) is 4.79 Å². The van der Waals surface area contributed by atoms with E-state index in [1.165, 1.54) is 0 Å².